The highest BCUT2D eigenvalue weighted by Crippen LogP contribution is 2.33. The van der Waals surface area contributed by atoms with Gasteiger partial charge in [0.15, 0.2) is 5.65 Å². The predicted octanol–water partition coefficient (Wildman–Crippen LogP) is 2.09. The van der Waals surface area contributed by atoms with Crippen molar-refractivity contribution < 1.29 is 4.42 Å². The highest BCUT2D eigenvalue weighted by molar-refractivity contribution is 5.69. The molecule has 4 heteroatoms. The third-order valence-corrected chi connectivity index (χ3v) is 3.12. The lowest BCUT2D eigenvalue weighted by Crippen LogP contribution is -2.03. The number of aromatic nitrogens is 3. The van der Waals surface area contributed by atoms with Crippen molar-refractivity contribution in [3.63, 3.8) is 0 Å². The maximum atomic E-state index is 5.44. The van der Waals surface area contributed by atoms with Gasteiger partial charge in [-0.25, -0.2) is 4.98 Å². The Morgan fingerprint density at radius 2 is 2.31 bits per heavy atom. The normalized spacial score (nSPS) is 13.8. The SMILES string of the molecule is c1cn2c3c(nc2cn1)-c1ccoc1CC3. The summed E-state index contributed by atoms with van der Waals surface area (Å²) in [7, 11) is 0. The number of aryl methyl sites for hydroxylation is 2. The van der Waals surface area contributed by atoms with Crippen molar-refractivity contribution in [3.05, 3.63) is 42.4 Å². The molecule has 0 aliphatic heterocycles. The van der Waals surface area contributed by atoms with Gasteiger partial charge in [0, 0.05) is 24.4 Å². The molecule has 0 spiro atoms. The summed E-state index contributed by atoms with van der Waals surface area (Å²) < 4.78 is 7.55. The van der Waals surface area contributed by atoms with Gasteiger partial charge in [-0.15, -0.1) is 0 Å². The molecule has 0 N–H and O–H groups in total. The van der Waals surface area contributed by atoms with Gasteiger partial charge in [-0.1, -0.05) is 0 Å². The summed E-state index contributed by atoms with van der Waals surface area (Å²) in [5.74, 6) is 1.05. The van der Waals surface area contributed by atoms with Gasteiger partial charge in [-0.3, -0.25) is 4.98 Å². The van der Waals surface area contributed by atoms with E-state index in [2.05, 4.69) is 14.4 Å². The predicted molar refractivity (Wildman–Crippen MR) is 58.1 cm³/mol. The van der Waals surface area contributed by atoms with Crippen LogP contribution >= 0.6 is 0 Å². The summed E-state index contributed by atoms with van der Waals surface area (Å²) >= 11 is 0. The minimum atomic E-state index is 0.904. The first-order valence-electron chi connectivity index (χ1n) is 5.31. The number of hydrogen-bond donors (Lipinski definition) is 0. The second-order valence-electron chi connectivity index (χ2n) is 3.97. The lowest BCUT2D eigenvalue weighted by atomic mass is 9.99. The summed E-state index contributed by atoms with van der Waals surface area (Å²) in [4.78, 5) is 8.70. The average molecular weight is 211 g/mol. The number of rotatable bonds is 0. The van der Waals surface area contributed by atoms with Gasteiger partial charge < -0.3 is 8.82 Å². The molecule has 0 saturated carbocycles. The Morgan fingerprint density at radius 3 is 3.31 bits per heavy atom. The van der Waals surface area contributed by atoms with Crippen LogP contribution in [0.15, 0.2) is 35.3 Å². The van der Waals surface area contributed by atoms with Crippen LogP contribution in [0.5, 0.6) is 0 Å². The van der Waals surface area contributed by atoms with E-state index in [1.54, 1.807) is 18.7 Å². The third kappa shape index (κ3) is 0.888. The van der Waals surface area contributed by atoms with Crippen molar-refractivity contribution in [2.45, 2.75) is 12.8 Å². The summed E-state index contributed by atoms with van der Waals surface area (Å²) in [6, 6.07) is 1.99. The molecule has 0 amide bonds. The van der Waals surface area contributed by atoms with E-state index in [0.29, 0.717) is 0 Å². The standard InChI is InChI=1S/C12H9N3O/c1-2-10-8(3-6-16-10)12-9(1)15-5-4-13-7-11(15)14-12/h3-7H,1-2H2. The first kappa shape index (κ1) is 8.10. The number of imidazole rings is 1. The second-order valence-corrected chi connectivity index (χ2v) is 3.97. The van der Waals surface area contributed by atoms with Crippen LogP contribution in [0.25, 0.3) is 16.9 Å². The topological polar surface area (TPSA) is 43.3 Å². The molecule has 16 heavy (non-hydrogen) atoms. The number of furan rings is 1. The zero-order valence-electron chi connectivity index (χ0n) is 8.55. The van der Waals surface area contributed by atoms with E-state index in [9.17, 15) is 0 Å². The van der Waals surface area contributed by atoms with E-state index >= 15 is 0 Å². The summed E-state index contributed by atoms with van der Waals surface area (Å²) in [5.41, 5.74) is 4.33. The maximum Gasteiger partial charge on any atom is 0.156 e. The zero-order chi connectivity index (χ0) is 10.5. The quantitative estimate of drug-likeness (QED) is 0.571. The highest BCUT2D eigenvalue weighted by Gasteiger charge is 2.23. The maximum absolute atomic E-state index is 5.44. The Morgan fingerprint density at radius 1 is 1.31 bits per heavy atom. The van der Waals surface area contributed by atoms with Crippen LogP contribution in [0.4, 0.5) is 0 Å². The molecular formula is C12H9N3O. The minimum Gasteiger partial charge on any atom is -0.469 e. The second kappa shape index (κ2) is 2.72. The van der Waals surface area contributed by atoms with Crippen LogP contribution < -0.4 is 0 Å². The fourth-order valence-corrected chi connectivity index (χ4v) is 2.39. The minimum absolute atomic E-state index is 0.904. The molecule has 3 aromatic rings. The fourth-order valence-electron chi connectivity index (χ4n) is 2.39. The highest BCUT2D eigenvalue weighted by atomic mass is 16.3. The largest absolute Gasteiger partial charge is 0.469 e. The molecule has 0 unspecified atom stereocenters. The van der Waals surface area contributed by atoms with E-state index in [1.807, 2.05) is 12.3 Å². The molecule has 78 valence electrons. The van der Waals surface area contributed by atoms with Gasteiger partial charge in [0.05, 0.1) is 23.8 Å². The van der Waals surface area contributed by atoms with Gasteiger partial charge in [-0.2, -0.15) is 0 Å². The van der Waals surface area contributed by atoms with Gasteiger partial charge in [-0.05, 0) is 12.5 Å². The van der Waals surface area contributed by atoms with Crippen molar-refractivity contribution in [3.8, 4) is 11.3 Å². The molecule has 0 aromatic carbocycles. The van der Waals surface area contributed by atoms with Gasteiger partial charge in [0.1, 0.15) is 5.76 Å². The summed E-state index contributed by atoms with van der Waals surface area (Å²) in [6.45, 7) is 0. The van der Waals surface area contributed by atoms with Gasteiger partial charge in [0.2, 0.25) is 0 Å². The van der Waals surface area contributed by atoms with Crippen LogP contribution in [-0.2, 0) is 12.8 Å². The molecule has 1 aliphatic rings. The Hall–Kier alpha value is -2.10. The number of nitrogens with zero attached hydrogens (tertiary/aromatic N) is 3. The van der Waals surface area contributed by atoms with Crippen LogP contribution in [0.2, 0.25) is 0 Å². The molecule has 0 radical (unpaired) electrons. The van der Waals surface area contributed by atoms with Crippen molar-refractivity contribution in [1.82, 2.24) is 14.4 Å². The van der Waals surface area contributed by atoms with E-state index in [0.717, 1.165) is 35.5 Å². The lowest BCUT2D eigenvalue weighted by Gasteiger charge is -2.09. The number of fused-ring (bicyclic) bond motifs is 5. The molecule has 4 nitrogen and oxygen atoms in total. The van der Waals surface area contributed by atoms with Crippen LogP contribution in [-0.4, -0.2) is 14.4 Å². The molecule has 0 atom stereocenters. The molecule has 3 aromatic heterocycles. The lowest BCUT2D eigenvalue weighted by molar-refractivity contribution is 0.505. The number of hydrogen-bond acceptors (Lipinski definition) is 3. The average Bonchev–Trinajstić information content (AvgIpc) is 2.92. The Kier molecular flexibility index (Phi) is 1.38. The first-order chi connectivity index (χ1) is 7.93. The van der Waals surface area contributed by atoms with E-state index < -0.39 is 0 Å². The molecule has 0 fully saturated rings. The molecule has 3 heterocycles. The van der Waals surface area contributed by atoms with Crippen LogP contribution in [0, 0.1) is 0 Å². The molecule has 0 saturated heterocycles. The van der Waals surface area contributed by atoms with Crippen LogP contribution in [0.3, 0.4) is 0 Å². The first-order valence-corrected chi connectivity index (χ1v) is 5.31. The smallest absolute Gasteiger partial charge is 0.156 e. The molecule has 4 rings (SSSR count). The van der Waals surface area contributed by atoms with Gasteiger partial charge >= 0.3 is 0 Å². The van der Waals surface area contributed by atoms with Crippen LogP contribution in [0.1, 0.15) is 11.5 Å². The Balaban J connectivity index is 2.13. The van der Waals surface area contributed by atoms with E-state index in [4.69, 9.17) is 4.42 Å². The fraction of sp³-hybridized carbons (Fsp3) is 0.167. The third-order valence-electron chi connectivity index (χ3n) is 3.12. The van der Waals surface area contributed by atoms with Crippen molar-refractivity contribution >= 4 is 5.65 Å². The van der Waals surface area contributed by atoms with Crippen molar-refractivity contribution in [2.24, 2.45) is 0 Å². The van der Waals surface area contributed by atoms with Gasteiger partial charge in [0.25, 0.3) is 0 Å². The summed E-state index contributed by atoms with van der Waals surface area (Å²) in [5, 5.41) is 0. The Labute approximate surface area is 91.6 Å². The van der Waals surface area contributed by atoms with E-state index in [1.165, 1.54) is 5.69 Å². The Bertz CT molecular complexity index is 680. The van der Waals surface area contributed by atoms with Crippen molar-refractivity contribution in [2.75, 3.05) is 0 Å². The molecule has 0 bridgehead atoms. The monoisotopic (exact) mass is 211 g/mol. The van der Waals surface area contributed by atoms with E-state index in [-0.39, 0.29) is 0 Å². The molecule has 1 aliphatic carbocycles. The zero-order valence-corrected chi connectivity index (χ0v) is 8.55. The molecular weight excluding hydrogens is 202 g/mol. The summed E-state index contributed by atoms with van der Waals surface area (Å²) in [6.07, 6.45) is 9.21. The van der Waals surface area contributed by atoms with Crippen molar-refractivity contribution in [1.29, 1.82) is 0 Å².